The van der Waals surface area contributed by atoms with Gasteiger partial charge in [0.15, 0.2) is 18.3 Å². The van der Waals surface area contributed by atoms with Crippen molar-refractivity contribution in [1.29, 1.82) is 0 Å². The molecular weight excluding hydrogens is 466 g/mol. The molecule has 0 amide bonds. The van der Waals surface area contributed by atoms with Gasteiger partial charge in [0, 0.05) is 34.6 Å². The highest BCUT2D eigenvalue weighted by Gasteiger charge is 2.28. The number of allylic oxidation sites excluding steroid dienone is 2. The molecule has 1 unspecified atom stereocenters. The molecule has 1 aromatic heterocycles. The number of benzene rings is 3. The molecule has 1 atom stereocenters. The average Bonchev–Trinajstić information content (AvgIpc) is 3.38. The lowest BCUT2D eigenvalue weighted by atomic mass is 9.82. The Labute approximate surface area is 195 Å². The van der Waals surface area contributed by atoms with Gasteiger partial charge in [-0.25, -0.2) is 0 Å². The predicted octanol–water partition coefficient (Wildman–Crippen LogP) is 6.70. The van der Waals surface area contributed by atoms with Crippen molar-refractivity contribution in [3.8, 4) is 11.5 Å². The molecule has 0 saturated carbocycles. The fraction of sp³-hybridized carbons (Fsp3) is 0.185. The minimum atomic E-state index is -0.0217. The highest BCUT2D eigenvalue weighted by atomic mass is 79.9. The molecular formula is C27H24BrNO3. The van der Waals surface area contributed by atoms with Crippen LogP contribution in [-0.4, -0.2) is 24.0 Å². The Morgan fingerprint density at radius 3 is 2.81 bits per heavy atom. The summed E-state index contributed by atoms with van der Waals surface area (Å²) >= 11 is 3.65. The van der Waals surface area contributed by atoms with Crippen molar-refractivity contribution in [2.24, 2.45) is 0 Å². The summed E-state index contributed by atoms with van der Waals surface area (Å²) in [4.78, 5) is 3.45. The number of aromatic amines is 1. The summed E-state index contributed by atoms with van der Waals surface area (Å²) in [5.74, 6) is 0.493. The maximum absolute atomic E-state index is 10.3. The zero-order valence-corrected chi connectivity index (χ0v) is 19.6. The molecule has 1 aliphatic rings. The number of phenolic OH excluding ortho intramolecular Hbond substituents is 1. The second-order valence-electron chi connectivity index (χ2n) is 8.17. The lowest BCUT2D eigenvalue weighted by Crippen LogP contribution is -2.05. The van der Waals surface area contributed by atoms with Gasteiger partial charge >= 0.3 is 0 Å². The summed E-state index contributed by atoms with van der Waals surface area (Å²) in [5.41, 5.74) is 8.40. The molecule has 3 aromatic carbocycles. The molecule has 4 aromatic rings. The van der Waals surface area contributed by atoms with E-state index in [4.69, 9.17) is 9.47 Å². The summed E-state index contributed by atoms with van der Waals surface area (Å²) in [6, 6.07) is 18.6. The first-order valence-corrected chi connectivity index (χ1v) is 11.4. The van der Waals surface area contributed by atoms with Gasteiger partial charge in [-0.1, -0.05) is 45.8 Å². The third-order valence-corrected chi connectivity index (χ3v) is 6.56. The van der Waals surface area contributed by atoms with Crippen LogP contribution in [0.5, 0.6) is 11.5 Å². The fourth-order valence-corrected chi connectivity index (χ4v) is 4.93. The van der Waals surface area contributed by atoms with Crippen LogP contribution in [0.2, 0.25) is 0 Å². The van der Waals surface area contributed by atoms with Gasteiger partial charge in [-0.05, 0) is 77.6 Å². The SMILES string of the molecule is COCOc1cc(C(C2=CCc3ccc(Br)cc32)c2c[nH]c3ccc(C)cc23)ccc1O. The molecule has 1 heterocycles. The molecule has 162 valence electrons. The summed E-state index contributed by atoms with van der Waals surface area (Å²) in [6.07, 6.45) is 5.33. The molecule has 0 aliphatic heterocycles. The van der Waals surface area contributed by atoms with Crippen molar-refractivity contribution in [3.63, 3.8) is 0 Å². The number of ether oxygens (including phenoxy) is 2. The topological polar surface area (TPSA) is 54.5 Å². The lowest BCUT2D eigenvalue weighted by Gasteiger charge is -2.22. The first kappa shape index (κ1) is 20.9. The Hall–Kier alpha value is -3.02. The minimum Gasteiger partial charge on any atom is -0.504 e. The van der Waals surface area contributed by atoms with Gasteiger partial charge in [0.2, 0.25) is 0 Å². The van der Waals surface area contributed by atoms with Crippen LogP contribution in [0.3, 0.4) is 0 Å². The first-order valence-electron chi connectivity index (χ1n) is 10.6. The van der Waals surface area contributed by atoms with Crippen LogP contribution in [0.15, 0.2) is 71.3 Å². The standard InChI is InChI=1S/C27H24BrNO3/c1-16-3-9-24-22(11-16)23(14-29-24)27(18-6-10-25(30)26(12-18)32-15-31-2)20-8-5-17-4-7-19(28)13-21(17)20/h3-4,6-14,27,29-30H,5,15H2,1-2H3. The number of rotatable bonds is 6. The number of aryl methyl sites for hydroxylation is 1. The normalized spacial score (nSPS) is 13.8. The number of halogens is 1. The number of aromatic nitrogens is 1. The maximum atomic E-state index is 10.3. The Morgan fingerprint density at radius 2 is 1.97 bits per heavy atom. The van der Waals surface area contributed by atoms with E-state index in [1.807, 2.05) is 12.1 Å². The number of fused-ring (bicyclic) bond motifs is 2. The van der Waals surface area contributed by atoms with Crippen LogP contribution in [-0.2, 0) is 11.2 Å². The lowest BCUT2D eigenvalue weighted by molar-refractivity contribution is 0.0491. The molecule has 0 radical (unpaired) electrons. The van der Waals surface area contributed by atoms with Crippen LogP contribution in [0.25, 0.3) is 16.5 Å². The van der Waals surface area contributed by atoms with Gasteiger partial charge in [-0.3, -0.25) is 0 Å². The molecule has 0 saturated heterocycles. The second-order valence-corrected chi connectivity index (χ2v) is 9.08. The third kappa shape index (κ3) is 3.72. The Bertz CT molecular complexity index is 1340. The van der Waals surface area contributed by atoms with Gasteiger partial charge in [0.05, 0.1) is 0 Å². The molecule has 5 heteroatoms. The van der Waals surface area contributed by atoms with E-state index in [0.717, 1.165) is 22.0 Å². The molecule has 2 N–H and O–H groups in total. The number of hydrogen-bond acceptors (Lipinski definition) is 3. The van der Waals surface area contributed by atoms with Crippen molar-refractivity contribution < 1.29 is 14.6 Å². The van der Waals surface area contributed by atoms with E-state index >= 15 is 0 Å². The summed E-state index contributed by atoms with van der Waals surface area (Å²) in [7, 11) is 1.57. The third-order valence-electron chi connectivity index (χ3n) is 6.07. The van der Waals surface area contributed by atoms with E-state index < -0.39 is 0 Å². The highest BCUT2D eigenvalue weighted by Crippen LogP contribution is 2.46. The maximum Gasteiger partial charge on any atom is 0.188 e. The molecule has 1 aliphatic carbocycles. The van der Waals surface area contributed by atoms with E-state index in [1.165, 1.54) is 33.2 Å². The Morgan fingerprint density at radius 1 is 1.09 bits per heavy atom. The quantitative estimate of drug-likeness (QED) is 0.296. The largest absolute Gasteiger partial charge is 0.504 e. The molecule has 0 fully saturated rings. The zero-order valence-electron chi connectivity index (χ0n) is 18.0. The van der Waals surface area contributed by atoms with Crippen molar-refractivity contribution >= 4 is 32.4 Å². The van der Waals surface area contributed by atoms with Crippen molar-refractivity contribution in [2.45, 2.75) is 19.3 Å². The van der Waals surface area contributed by atoms with Gasteiger partial charge in [0.25, 0.3) is 0 Å². The number of nitrogens with one attached hydrogen (secondary N) is 1. The summed E-state index contributed by atoms with van der Waals surface area (Å²) in [5, 5.41) is 11.5. The van der Waals surface area contributed by atoms with Crippen molar-refractivity contribution in [2.75, 3.05) is 13.9 Å². The monoisotopic (exact) mass is 489 g/mol. The zero-order chi connectivity index (χ0) is 22.2. The molecule has 4 nitrogen and oxygen atoms in total. The fourth-order valence-electron chi connectivity index (χ4n) is 4.57. The van der Waals surface area contributed by atoms with E-state index in [2.05, 4.69) is 76.5 Å². The van der Waals surface area contributed by atoms with Gasteiger partial charge < -0.3 is 19.6 Å². The van der Waals surface area contributed by atoms with Gasteiger partial charge in [-0.2, -0.15) is 0 Å². The van der Waals surface area contributed by atoms with Crippen molar-refractivity contribution in [3.05, 3.63) is 99.2 Å². The van der Waals surface area contributed by atoms with E-state index in [9.17, 15) is 5.11 Å². The van der Waals surface area contributed by atoms with Gasteiger partial charge in [0.1, 0.15) is 0 Å². The summed E-state index contributed by atoms with van der Waals surface area (Å²) in [6.45, 7) is 2.19. The van der Waals surface area contributed by atoms with Crippen LogP contribution in [0, 0.1) is 6.92 Å². The number of hydrogen-bond donors (Lipinski definition) is 2. The number of phenols is 1. The van der Waals surface area contributed by atoms with Crippen LogP contribution in [0.1, 0.15) is 33.7 Å². The van der Waals surface area contributed by atoms with Crippen molar-refractivity contribution in [1.82, 2.24) is 4.98 Å². The number of methoxy groups -OCH3 is 1. The number of H-pyrrole nitrogens is 1. The van der Waals surface area contributed by atoms with E-state index in [-0.39, 0.29) is 18.5 Å². The molecule has 32 heavy (non-hydrogen) atoms. The number of aromatic hydroxyl groups is 1. The summed E-state index contributed by atoms with van der Waals surface area (Å²) < 4.78 is 11.8. The molecule has 0 spiro atoms. The second kappa shape index (κ2) is 8.49. The first-order chi connectivity index (χ1) is 15.5. The van der Waals surface area contributed by atoms with E-state index in [1.54, 1.807) is 13.2 Å². The average molecular weight is 490 g/mol. The molecule has 0 bridgehead atoms. The Balaban J connectivity index is 1.71. The van der Waals surface area contributed by atoms with Gasteiger partial charge in [-0.15, -0.1) is 0 Å². The highest BCUT2D eigenvalue weighted by molar-refractivity contribution is 9.10. The van der Waals surface area contributed by atoms with Crippen LogP contribution in [0.4, 0.5) is 0 Å². The smallest absolute Gasteiger partial charge is 0.188 e. The predicted molar refractivity (Wildman–Crippen MR) is 131 cm³/mol. The van der Waals surface area contributed by atoms with Crippen LogP contribution < -0.4 is 4.74 Å². The van der Waals surface area contributed by atoms with E-state index in [0.29, 0.717) is 5.75 Å². The van der Waals surface area contributed by atoms with Crippen LogP contribution >= 0.6 is 15.9 Å². The molecule has 5 rings (SSSR count). The minimum absolute atomic E-state index is 0.0217. The Kier molecular flexibility index (Phi) is 5.53.